The summed E-state index contributed by atoms with van der Waals surface area (Å²) in [4.78, 5) is 19.4. The highest BCUT2D eigenvalue weighted by Crippen LogP contribution is 2.25. The molecule has 110 valence electrons. The van der Waals surface area contributed by atoms with Gasteiger partial charge in [0.15, 0.2) is 0 Å². The zero-order chi connectivity index (χ0) is 14.7. The van der Waals surface area contributed by atoms with E-state index >= 15 is 0 Å². The predicted molar refractivity (Wildman–Crippen MR) is 88.6 cm³/mol. The Kier molecular flexibility index (Phi) is 4.50. The molecular formula is C14H15N3O2S2. The second-order valence-electron chi connectivity index (χ2n) is 4.71. The third-order valence-electron chi connectivity index (χ3n) is 3.27. The SMILES string of the molecule is O=C(O)c1ccc2c(NCC3CSCCS3)ncnc2c1. The molecule has 1 fully saturated rings. The lowest BCUT2D eigenvalue weighted by Crippen LogP contribution is -2.23. The van der Waals surface area contributed by atoms with Crippen LogP contribution < -0.4 is 5.32 Å². The largest absolute Gasteiger partial charge is 0.478 e. The van der Waals surface area contributed by atoms with Gasteiger partial charge in [0.1, 0.15) is 12.1 Å². The average Bonchev–Trinajstić information content (AvgIpc) is 2.53. The number of thioether (sulfide) groups is 2. The van der Waals surface area contributed by atoms with Gasteiger partial charge in [-0.25, -0.2) is 14.8 Å². The Morgan fingerprint density at radius 2 is 2.29 bits per heavy atom. The second kappa shape index (κ2) is 6.53. The highest BCUT2D eigenvalue weighted by molar-refractivity contribution is 8.06. The number of carbonyl (C=O) groups is 1. The third-order valence-corrected chi connectivity index (χ3v) is 6.11. The standard InChI is InChI=1S/C14H15N3O2S2/c18-14(19)9-1-2-11-12(5-9)16-8-17-13(11)15-6-10-7-20-3-4-21-10/h1-2,5,8,10H,3-4,6-7H2,(H,18,19)(H,15,16,17). The summed E-state index contributed by atoms with van der Waals surface area (Å²) in [5, 5.41) is 13.8. The number of aromatic nitrogens is 2. The summed E-state index contributed by atoms with van der Waals surface area (Å²) in [5.41, 5.74) is 0.893. The van der Waals surface area contributed by atoms with Gasteiger partial charge in [0.05, 0.1) is 11.1 Å². The number of hydrogen-bond donors (Lipinski definition) is 2. The number of carboxylic acids is 1. The lowest BCUT2D eigenvalue weighted by Gasteiger charge is -2.21. The fourth-order valence-corrected chi connectivity index (χ4v) is 4.81. The van der Waals surface area contributed by atoms with E-state index in [1.807, 2.05) is 23.5 Å². The molecule has 1 aliphatic rings. The maximum absolute atomic E-state index is 11.0. The molecule has 1 aliphatic heterocycles. The zero-order valence-corrected chi connectivity index (χ0v) is 12.9. The Hall–Kier alpha value is -1.47. The van der Waals surface area contributed by atoms with Crippen LogP contribution in [0.2, 0.25) is 0 Å². The van der Waals surface area contributed by atoms with Crippen molar-refractivity contribution in [2.45, 2.75) is 5.25 Å². The van der Waals surface area contributed by atoms with Crippen LogP contribution in [0.4, 0.5) is 5.82 Å². The van der Waals surface area contributed by atoms with Crippen molar-refractivity contribution in [1.29, 1.82) is 0 Å². The van der Waals surface area contributed by atoms with E-state index < -0.39 is 5.97 Å². The zero-order valence-electron chi connectivity index (χ0n) is 11.3. The van der Waals surface area contributed by atoms with Gasteiger partial charge in [-0.3, -0.25) is 0 Å². The van der Waals surface area contributed by atoms with E-state index in [1.165, 1.54) is 17.8 Å². The minimum atomic E-state index is -0.944. The topological polar surface area (TPSA) is 75.1 Å². The number of aromatic carboxylic acids is 1. The molecule has 3 rings (SSSR count). The molecule has 1 unspecified atom stereocenters. The van der Waals surface area contributed by atoms with Crippen molar-refractivity contribution in [3.05, 3.63) is 30.1 Å². The lowest BCUT2D eigenvalue weighted by molar-refractivity contribution is 0.0697. The van der Waals surface area contributed by atoms with Crippen LogP contribution in [0.15, 0.2) is 24.5 Å². The summed E-state index contributed by atoms with van der Waals surface area (Å²) in [6.07, 6.45) is 1.47. The molecule has 0 radical (unpaired) electrons. The summed E-state index contributed by atoms with van der Waals surface area (Å²) < 4.78 is 0. The van der Waals surface area contributed by atoms with E-state index in [9.17, 15) is 4.79 Å². The molecule has 1 aromatic carbocycles. The number of anilines is 1. The van der Waals surface area contributed by atoms with Gasteiger partial charge >= 0.3 is 5.97 Å². The van der Waals surface area contributed by atoms with Gasteiger partial charge in [-0.1, -0.05) is 0 Å². The smallest absolute Gasteiger partial charge is 0.335 e. The van der Waals surface area contributed by atoms with Crippen LogP contribution in [0.5, 0.6) is 0 Å². The fourth-order valence-electron chi connectivity index (χ4n) is 2.20. The van der Waals surface area contributed by atoms with Gasteiger partial charge in [0, 0.05) is 34.4 Å². The van der Waals surface area contributed by atoms with Crippen molar-refractivity contribution in [2.24, 2.45) is 0 Å². The molecule has 0 saturated carbocycles. The molecule has 0 bridgehead atoms. The molecule has 7 heteroatoms. The Balaban J connectivity index is 1.80. The van der Waals surface area contributed by atoms with Gasteiger partial charge < -0.3 is 10.4 Å². The Morgan fingerprint density at radius 3 is 3.05 bits per heavy atom. The number of nitrogens with zero attached hydrogens (tertiary/aromatic N) is 2. The second-order valence-corrected chi connectivity index (χ2v) is 7.27. The van der Waals surface area contributed by atoms with Crippen LogP contribution in [0.1, 0.15) is 10.4 Å². The molecule has 0 aliphatic carbocycles. The molecule has 21 heavy (non-hydrogen) atoms. The Bertz CT molecular complexity index is 660. The van der Waals surface area contributed by atoms with E-state index in [4.69, 9.17) is 5.11 Å². The van der Waals surface area contributed by atoms with E-state index in [0.717, 1.165) is 23.5 Å². The van der Waals surface area contributed by atoms with Gasteiger partial charge in [-0.2, -0.15) is 23.5 Å². The highest BCUT2D eigenvalue weighted by atomic mass is 32.2. The number of rotatable bonds is 4. The molecule has 2 N–H and O–H groups in total. The Labute approximate surface area is 130 Å². The molecule has 2 heterocycles. The van der Waals surface area contributed by atoms with E-state index in [1.54, 1.807) is 18.2 Å². The summed E-state index contributed by atoms with van der Waals surface area (Å²) in [6, 6.07) is 4.93. The van der Waals surface area contributed by atoms with Crippen molar-refractivity contribution in [1.82, 2.24) is 9.97 Å². The first-order valence-corrected chi connectivity index (χ1v) is 8.85. The maximum Gasteiger partial charge on any atom is 0.335 e. The minimum absolute atomic E-state index is 0.242. The lowest BCUT2D eigenvalue weighted by atomic mass is 10.1. The van der Waals surface area contributed by atoms with Crippen molar-refractivity contribution in [3.63, 3.8) is 0 Å². The molecular weight excluding hydrogens is 306 g/mol. The molecule has 1 aromatic heterocycles. The van der Waals surface area contributed by atoms with Crippen LogP contribution in [0, 0.1) is 0 Å². The monoisotopic (exact) mass is 321 g/mol. The fraction of sp³-hybridized carbons (Fsp3) is 0.357. The number of benzene rings is 1. The van der Waals surface area contributed by atoms with Gasteiger partial charge in [-0.15, -0.1) is 0 Å². The van der Waals surface area contributed by atoms with Crippen molar-refractivity contribution in [2.75, 3.05) is 29.1 Å². The normalized spacial score (nSPS) is 18.6. The predicted octanol–water partition coefficient (Wildman–Crippen LogP) is 2.59. The molecule has 0 amide bonds. The summed E-state index contributed by atoms with van der Waals surface area (Å²) >= 11 is 3.98. The third kappa shape index (κ3) is 3.41. The first-order chi connectivity index (χ1) is 10.2. The minimum Gasteiger partial charge on any atom is -0.478 e. The average molecular weight is 321 g/mol. The van der Waals surface area contributed by atoms with Crippen LogP contribution in [-0.2, 0) is 0 Å². The van der Waals surface area contributed by atoms with Gasteiger partial charge in [-0.05, 0) is 18.2 Å². The van der Waals surface area contributed by atoms with Crippen LogP contribution in [0.25, 0.3) is 10.9 Å². The molecule has 1 atom stereocenters. The van der Waals surface area contributed by atoms with Gasteiger partial charge in [0.25, 0.3) is 0 Å². The highest BCUT2D eigenvalue weighted by Gasteiger charge is 2.15. The van der Waals surface area contributed by atoms with E-state index in [2.05, 4.69) is 15.3 Å². The Morgan fingerprint density at radius 1 is 1.38 bits per heavy atom. The summed E-state index contributed by atoms with van der Waals surface area (Å²) in [5.74, 6) is 3.41. The number of carboxylic acid groups (broad SMARTS) is 1. The van der Waals surface area contributed by atoms with Crippen molar-refractivity contribution in [3.8, 4) is 0 Å². The van der Waals surface area contributed by atoms with E-state index in [-0.39, 0.29) is 5.56 Å². The van der Waals surface area contributed by atoms with E-state index in [0.29, 0.717) is 10.8 Å². The van der Waals surface area contributed by atoms with Crippen molar-refractivity contribution >= 4 is 46.2 Å². The van der Waals surface area contributed by atoms with Crippen LogP contribution in [0.3, 0.4) is 0 Å². The first kappa shape index (κ1) is 14.5. The van der Waals surface area contributed by atoms with Crippen molar-refractivity contribution < 1.29 is 9.90 Å². The molecule has 1 saturated heterocycles. The number of hydrogen-bond acceptors (Lipinski definition) is 6. The molecule has 0 spiro atoms. The summed E-state index contributed by atoms with van der Waals surface area (Å²) in [7, 11) is 0. The van der Waals surface area contributed by atoms with Crippen LogP contribution >= 0.6 is 23.5 Å². The quantitative estimate of drug-likeness (QED) is 0.896. The molecule has 5 nitrogen and oxygen atoms in total. The number of nitrogens with one attached hydrogen (secondary N) is 1. The first-order valence-electron chi connectivity index (χ1n) is 6.65. The summed E-state index contributed by atoms with van der Waals surface area (Å²) in [6.45, 7) is 0.866. The van der Waals surface area contributed by atoms with Crippen LogP contribution in [-0.4, -0.2) is 50.1 Å². The maximum atomic E-state index is 11.0. The number of fused-ring (bicyclic) bond motifs is 1. The molecule has 2 aromatic rings. The van der Waals surface area contributed by atoms with Gasteiger partial charge in [0.2, 0.25) is 0 Å².